The van der Waals surface area contributed by atoms with E-state index in [2.05, 4.69) is 22.9 Å². The predicted octanol–water partition coefficient (Wildman–Crippen LogP) is 2.59. The molecule has 3 atom stereocenters. The monoisotopic (exact) mass is 364 g/mol. The fourth-order valence-electron chi connectivity index (χ4n) is 4.94. The van der Waals surface area contributed by atoms with E-state index in [0.717, 1.165) is 83.3 Å². The van der Waals surface area contributed by atoms with Crippen molar-refractivity contribution in [3.63, 3.8) is 0 Å². The van der Waals surface area contributed by atoms with Gasteiger partial charge in [-0.2, -0.15) is 0 Å². The largest absolute Gasteiger partial charge is 0.391 e. The summed E-state index contributed by atoms with van der Waals surface area (Å²) in [6.45, 7) is 8.98. The van der Waals surface area contributed by atoms with Crippen LogP contribution in [0.5, 0.6) is 0 Å². The third-order valence-electron chi connectivity index (χ3n) is 6.30. The highest BCUT2D eigenvalue weighted by Gasteiger charge is 2.42. The van der Waals surface area contributed by atoms with Gasteiger partial charge in [-0.05, 0) is 52.0 Å². The molecule has 3 rings (SSSR count). The predicted molar refractivity (Wildman–Crippen MR) is 103 cm³/mol. The second-order valence-corrected chi connectivity index (χ2v) is 8.24. The molecule has 2 unspecified atom stereocenters. The number of aliphatic hydroxyl groups excluding tert-OH is 1. The average molecular weight is 365 g/mol. The van der Waals surface area contributed by atoms with E-state index in [9.17, 15) is 9.90 Å². The van der Waals surface area contributed by atoms with Crippen LogP contribution in [0.4, 0.5) is 0 Å². The Balaban J connectivity index is 1.45. The molecule has 0 aromatic carbocycles. The van der Waals surface area contributed by atoms with E-state index in [-0.39, 0.29) is 23.8 Å². The minimum atomic E-state index is -0.298. The number of carbonyl (C=O) groups is 1. The van der Waals surface area contributed by atoms with Crippen LogP contribution in [0, 0.1) is 5.92 Å². The molecule has 2 fully saturated rings. The number of ether oxygens (including phenoxy) is 1. The van der Waals surface area contributed by atoms with E-state index < -0.39 is 0 Å². The highest BCUT2D eigenvalue weighted by atomic mass is 16.5. The lowest BCUT2D eigenvalue weighted by atomic mass is 9.79. The van der Waals surface area contributed by atoms with Crippen molar-refractivity contribution >= 4 is 5.78 Å². The summed E-state index contributed by atoms with van der Waals surface area (Å²) in [7, 11) is 0. The third-order valence-corrected chi connectivity index (χ3v) is 6.30. The van der Waals surface area contributed by atoms with Crippen molar-refractivity contribution in [2.75, 3.05) is 32.8 Å². The van der Waals surface area contributed by atoms with Crippen molar-refractivity contribution in [3.05, 3.63) is 11.8 Å². The van der Waals surface area contributed by atoms with Crippen molar-refractivity contribution in [1.29, 1.82) is 0 Å². The topological polar surface area (TPSA) is 53.0 Å². The van der Waals surface area contributed by atoms with Crippen LogP contribution in [-0.2, 0) is 9.53 Å². The van der Waals surface area contributed by atoms with Gasteiger partial charge in [0.2, 0.25) is 0 Å². The SMILES string of the molecule is CCCOC1CCN(CCCN2C=C(C(C)=O)C3CCCC(O)[C@@H]32)CC1. The molecule has 5 nitrogen and oxygen atoms in total. The van der Waals surface area contributed by atoms with Gasteiger partial charge in [0.1, 0.15) is 0 Å². The molecule has 2 aliphatic heterocycles. The number of nitrogens with zero attached hydrogens (tertiary/aromatic N) is 2. The van der Waals surface area contributed by atoms with E-state index in [0.29, 0.717) is 6.10 Å². The first-order valence-corrected chi connectivity index (χ1v) is 10.6. The Morgan fingerprint density at radius 3 is 2.69 bits per heavy atom. The average Bonchev–Trinajstić information content (AvgIpc) is 3.01. The summed E-state index contributed by atoms with van der Waals surface area (Å²) in [6.07, 6.45) is 9.59. The number of rotatable bonds is 8. The Bertz CT molecular complexity index is 499. The van der Waals surface area contributed by atoms with Gasteiger partial charge in [-0.1, -0.05) is 13.3 Å². The first-order valence-electron chi connectivity index (χ1n) is 10.6. The summed E-state index contributed by atoms with van der Waals surface area (Å²) in [5.41, 5.74) is 0.933. The van der Waals surface area contributed by atoms with E-state index in [1.165, 1.54) is 0 Å². The van der Waals surface area contributed by atoms with Crippen LogP contribution in [0.2, 0.25) is 0 Å². The lowest BCUT2D eigenvalue weighted by molar-refractivity contribution is -0.114. The van der Waals surface area contributed by atoms with Crippen molar-refractivity contribution in [2.24, 2.45) is 5.92 Å². The molecule has 0 radical (unpaired) electrons. The Kier molecular flexibility index (Phi) is 7.12. The van der Waals surface area contributed by atoms with E-state index in [1.807, 2.05) is 0 Å². The van der Waals surface area contributed by atoms with Gasteiger partial charge in [-0.25, -0.2) is 0 Å². The standard InChI is InChI=1S/C21H36N2O3/c1-3-14-26-17-8-12-22(13-9-17)10-5-11-23-15-19(16(2)24)18-6-4-7-20(25)21(18)23/h15,17-18,20-21,25H,3-14H2,1-2H3/t18?,20?,21-/m1/s1. The van der Waals surface area contributed by atoms with E-state index in [4.69, 9.17) is 4.74 Å². The first kappa shape index (κ1) is 19.8. The summed E-state index contributed by atoms with van der Waals surface area (Å²) in [4.78, 5) is 16.8. The molecular weight excluding hydrogens is 328 g/mol. The van der Waals surface area contributed by atoms with Crippen LogP contribution >= 0.6 is 0 Å². The number of ketones is 1. The number of fused-ring (bicyclic) bond motifs is 1. The Labute approximate surface area is 158 Å². The zero-order valence-corrected chi connectivity index (χ0v) is 16.5. The maximum atomic E-state index is 12.0. The van der Waals surface area contributed by atoms with Crippen LogP contribution in [-0.4, -0.2) is 71.7 Å². The lowest BCUT2D eigenvalue weighted by Crippen LogP contribution is -2.46. The fraction of sp³-hybridized carbons (Fsp3) is 0.857. The summed E-state index contributed by atoms with van der Waals surface area (Å²) in [6, 6.07) is 0.121. The van der Waals surface area contributed by atoms with Crippen LogP contribution in [0.25, 0.3) is 0 Å². The Morgan fingerprint density at radius 2 is 2.00 bits per heavy atom. The molecule has 0 spiro atoms. The number of carbonyl (C=O) groups excluding carboxylic acids is 1. The molecule has 0 aromatic rings. The van der Waals surface area contributed by atoms with Crippen LogP contribution in [0.3, 0.4) is 0 Å². The van der Waals surface area contributed by atoms with Crippen LogP contribution in [0.1, 0.15) is 58.8 Å². The third kappa shape index (κ3) is 4.68. The number of likely N-dealkylation sites (tertiary alicyclic amines) is 1. The second-order valence-electron chi connectivity index (χ2n) is 8.24. The van der Waals surface area contributed by atoms with E-state index >= 15 is 0 Å². The molecule has 3 aliphatic rings. The highest BCUT2D eigenvalue weighted by molar-refractivity contribution is 5.94. The number of piperidine rings is 1. The minimum absolute atomic E-state index is 0.121. The highest BCUT2D eigenvalue weighted by Crippen LogP contribution is 2.39. The summed E-state index contributed by atoms with van der Waals surface area (Å²) >= 11 is 0. The zero-order valence-electron chi connectivity index (χ0n) is 16.5. The maximum Gasteiger partial charge on any atom is 0.157 e. The fourth-order valence-corrected chi connectivity index (χ4v) is 4.94. The van der Waals surface area contributed by atoms with Gasteiger partial charge < -0.3 is 19.6 Å². The Morgan fingerprint density at radius 1 is 1.23 bits per heavy atom. The molecule has 26 heavy (non-hydrogen) atoms. The van der Waals surface area contributed by atoms with Crippen molar-refractivity contribution < 1.29 is 14.6 Å². The van der Waals surface area contributed by atoms with Gasteiger partial charge in [0, 0.05) is 43.9 Å². The molecule has 0 bridgehead atoms. The van der Waals surface area contributed by atoms with Crippen molar-refractivity contribution in [3.8, 4) is 0 Å². The summed E-state index contributed by atoms with van der Waals surface area (Å²) in [5, 5.41) is 10.5. The van der Waals surface area contributed by atoms with Crippen molar-refractivity contribution in [2.45, 2.75) is 77.0 Å². The first-order chi connectivity index (χ1) is 12.6. The Hall–Kier alpha value is -0.910. The van der Waals surface area contributed by atoms with Crippen LogP contribution in [0.15, 0.2) is 11.8 Å². The number of hydrogen-bond acceptors (Lipinski definition) is 5. The van der Waals surface area contributed by atoms with Crippen LogP contribution < -0.4 is 0 Å². The van der Waals surface area contributed by atoms with Gasteiger partial charge in [0.15, 0.2) is 5.78 Å². The minimum Gasteiger partial charge on any atom is -0.391 e. The molecule has 5 heteroatoms. The zero-order chi connectivity index (χ0) is 18.5. The molecule has 1 saturated carbocycles. The molecule has 0 amide bonds. The van der Waals surface area contributed by atoms with Gasteiger partial charge in [-0.15, -0.1) is 0 Å². The smallest absolute Gasteiger partial charge is 0.157 e. The summed E-state index contributed by atoms with van der Waals surface area (Å²) < 4.78 is 5.87. The molecule has 1 N–H and O–H groups in total. The molecule has 2 heterocycles. The quantitative estimate of drug-likeness (QED) is 0.717. The molecule has 148 valence electrons. The summed E-state index contributed by atoms with van der Waals surface area (Å²) in [5.74, 6) is 0.411. The molecule has 0 aromatic heterocycles. The number of hydrogen-bond donors (Lipinski definition) is 1. The normalized spacial score (nSPS) is 30.3. The van der Waals surface area contributed by atoms with E-state index in [1.54, 1.807) is 6.92 Å². The lowest BCUT2D eigenvalue weighted by Gasteiger charge is -2.38. The van der Waals surface area contributed by atoms with Crippen molar-refractivity contribution in [1.82, 2.24) is 9.80 Å². The number of aliphatic hydroxyl groups is 1. The van der Waals surface area contributed by atoms with Gasteiger partial charge >= 0.3 is 0 Å². The molecular formula is C21H36N2O3. The second kappa shape index (κ2) is 9.34. The van der Waals surface area contributed by atoms with Gasteiger partial charge in [-0.3, -0.25) is 4.79 Å². The molecule has 1 aliphatic carbocycles. The number of Topliss-reactive ketones (excluding diaryl/α,β-unsaturated/α-hetero) is 1. The van der Waals surface area contributed by atoms with Gasteiger partial charge in [0.05, 0.1) is 18.2 Å². The maximum absolute atomic E-state index is 12.0. The van der Waals surface area contributed by atoms with Gasteiger partial charge in [0.25, 0.3) is 0 Å². The molecule has 1 saturated heterocycles.